The highest BCUT2D eigenvalue weighted by atomic mass is 32.2. The molecule has 1 aliphatic heterocycles. The number of Topliss-reactive ketones (excluding diaryl/α,β-unsaturated/α-hetero) is 1. The van der Waals surface area contributed by atoms with Gasteiger partial charge in [0.2, 0.25) is 11.7 Å². The maximum absolute atomic E-state index is 13.7. The molecule has 3 aromatic carbocycles. The van der Waals surface area contributed by atoms with E-state index in [-0.39, 0.29) is 16.8 Å². The van der Waals surface area contributed by atoms with Crippen LogP contribution in [0.3, 0.4) is 0 Å². The van der Waals surface area contributed by atoms with E-state index in [1.54, 1.807) is 0 Å². The van der Waals surface area contributed by atoms with Gasteiger partial charge in [0.1, 0.15) is 18.1 Å². The van der Waals surface area contributed by atoms with Crippen molar-refractivity contribution in [2.75, 3.05) is 11.9 Å². The Labute approximate surface area is 202 Å². The minimum atomic E-state index is -4.59. The van der Waals surface area contributed by atoms with Crippen molar-refractivity contribution in [1.82, 2.24) is 4.31 Å². The Balaban J connectivity index is 1.75. The molecule has 3 aromatic rings. The average Bonchev–Trinajstić information content (AvgIpc) is 2.82. The van der Waals surface area contributed by atoms with E-state index in [1.165, 1.54) is 30.3 Å². The predicted octanol–water partition coefficient (Wildman–Crippen LogP) is 4.60. The molecule has 0 atom stereocenters. The van der Waals surface area contributed by atoms with Crippen LogP contribution in [-0.4, -0.2) is 36.1 Å². The number of benzene rings is 3. The van der Waals surface area contributed by atoms with E-state index in [1.807, 2.05) is 0 Å². The first-order valence-corrected chi connectivity index (χ1v) is 11.7. The van der Waals surface area contributed by atoms with Crippen LogP contribution >= 0.6 is 0 Å². The van der Waals surface area contributed by atoms with Crippen molar-refractivity contribution in [3.8, 4) is 0 Å². The van der Waals surface area contributed by atoms with Crippen molar-refractivity contribution in [2.24, 2.45) is 0 Å². The van der Waals surface area contributed by atoms with Crippen LogP contribution in [0.2, 0.25) is 0 Å². The molecule has 186 valence electrons. The molecule has 0 spiro atoms. The number of anilines is 1. The topological polar surface area (TPSA) is 104 Å². The molecule has 7 nitrogen and oxygen atoms in total. The average molecular weight is 520 g/mol. The molecule has 1 aliphatic rings. The number of fused-ring (bicyclic) bond motifs is 1. The Morgan fingerprint density at radius 2 is 1.64 bits per heavy atom. The van der Waals surface area contributed by atoms with Crippen LogP contribution in [0.5, 0.6) is 0 Å². The number of halogens is 4. The Morgan fingerprint density at radius 3 is 2.28 bits per heavy atom. The number of nitrogens with one attached hydrogen (secondary N) is 1. The van der Waals surface area contributed by atoms with Crippen LogP contribution in [0.25, 0.3) is 5.76 Å². The van der Waals surface area contributed by atoms with Crippen molar-refractivity contribution >= 4 is 33.2 Å². The summed E-state index contributed by atoms with van der Waals surface area (Å²) in [6, 6.07) is 13.0. The number of alkyl halides is 3. The van der Waals surface area contributed by atoms with Crippen molar-refractivity contribution in [1.29, 1.82) is 0 Å². The number of allylic oxidation sites excluding steroid dienone is 1. The van der Waals surface area contributed by atoms with Crippen molar-refractivity contribution in [3.63, 3.8) is 0 Å². The Bertz CT molecular complexity index is 1500. The SMILES string of the molecule is O=C(CN1/C(=C(/O)c2cccc(F)c2)C(=O)c2ccccc2S1(=O)=O)Nc1ccc(C(F)(F)F)cc1. The Hall–Kier alpha value is -4.19. The number of nitrogens with zero attached hydrogens (tertiary/aromatic N) is 1. The predicted molar refractivity (Wildman–Crippen MR) is 121 cm³/mol. The molecule has 2 N–H and O–H groups in total. The summed E-state index contributed by atoms with van der Waals surface area (Å²) in [6.07, 6.45) is -4.59. The van der Waals surface area contributed by atoms with Gasteiger partial charge in [0.15, 0.2) is 5.76 Å². The molecule has 0 aromatic heterocycles. The van der Waals surface area contributed by atoms with Gasteiger partial charge in [-0.05, 0) is 48.5 Å². The van der Waals surface area contributed by atoms with Gasteiger partial charge in [-0.1, -0.05) is 24.3 Å². The van der Waals surface area contributed by atoms with Crippen LogP contribution < -0.4 is 5.32 Å². The van der Waals surface area contributed by atoms with E-state index >= 15 is 0 Å². The highest BCUT2D eigenvalue weighted by Crippen LogP contribution is 2.35. The summed E-state index contributed by atoms with van der Waals surface area (Å²) in [6.45, 7) is -1.00. The van der Waals surface area contributed by atoms with Crippen molar-refractivity contribution in [2.45, 2.75) is 11.1 Å². The van der Waals surface area contributed by atoms with Gasteiger partial charge in [0.05, 0.1) is 10.5 Å². The molecule has 0 saturated heterocycles. The maximum Gasteiger partial charge on any atom is 0.416 e. The quantitative estimate of drug-likeness (QED) is 0.297. The molecule has 0 fully saturated rings. The summed E-state index contributed by atoms with van der Waals surface area (Å²) in [4.78, 5) is 25.5. The highest BCUT2D eigenvalue weighted by Gasteiger charge is 2.42. The smallest absolute Gasteiger partial charge is 0.416 e. The number of amides is 1. The molecule has 4 rings (SSSR count). The summed E-state index contributed by atoms with van der Waals surface area (Å²) < 4.78 is 79.2. The van der Waals surface area contributed by atoms with Gasteiger partial charge in [0.25, 0.3) is 10.0 Å². The second kappa shape index (κ2) is 9.11. The number of aliphatic hydroxyl groups is 1. The second-order valence-electron chi connectivity index (χ2n) is 7.67. The zero-order valence-corrected chi connectivity index (χ0v) is 18.9. The van der Waals surface area contributed by atoms with E-state index in [4.69, 9.17) is 0 Å². The first-order chi connectivity index (χ1) is 16.9. The third kappa shape index (κ3) is 4.67. The van der Waals surface area contributed by atoms with E-state index in [9.17, 15) is 40.7 Å². The summed E-state index contributed by atoms with van der Waals surface area (Å²) in [5, 5.41) is 13.1. The van der Waals surface area contributed by atoms with Gasteiger partial charge in [-0.25, -0.2) is 17.1 Å². The van der Waals surface area contributed by atoms with Gasteiger partial charge in [-0.2, -0.15) is 13.2 Å². The zero-order valence-electron chi connectivity index (χ0n) is 18.1. The second-order valence-corrected chi connectivity index (χ2v) is 9.50. The molecule has 0 bridgehead atoms. The molecule has 0 saturated carbocycles. The summed E-state index contributed by atoms with van der Waals surface area (Å²) in [7, 11) is -4.55. The molecule has 1 amide bonds. The maximum atomic E-state index is 13.7. The summed E-state index contributed by atoms with van der Waals surface area (Å²) in [5.41, 5.74) is -2.25. The van der Waals surface area contributed by atoms with Crippen LogP contribution in [0.1, 0.15) is 21.5 Å². The molecular weight excluding hydrogens is 504 g/mol. The van der Waals surface area contributed by atoms with E-state index < -0.39 is 62.2 Å². The standard InChI is InChI=1S/C24H16F4N2O5S/c25-16-5-3-4-14(12-16)22(32)21-23(33)18-6-1-2-7-19(18)36(34,35)30(21)13-20(31)29-17-10-8-15(9-11-17)24(26,27)28/h1-12,32H,13H2,(H,29,31)/b22-21+. The lowest BCUT2D eigenvalue weighted by atomic mass is 10.0. The van der Waals surface area contributed by atoms with Crippen LogP contribution in [0.4, 0.5) is 23.2 Å². The zero-order chi connectivity index (χ0) is 26.3. The third-order valence-corrected chi connectivity index (χ3v) is 7.07. The molecule has 0 unspecified atom stereocenters. The number of rotatable bonds is 4. The van der Waals surface area contributed by atoms with E-state index in [2.05, 4.69) is 5.32 Å². The van der Waals surface area contributed by atoms with E-state index in [0.29, 0.717) is 4.31 Å². The van der Waals surface area contributed by atoms with Gasteiger partial charge < -0.3 is 10.4 Å². The van der Waals surface area contributed by atoms with Crippen molar-refractivity contribution in [3.05, 3.63) is 101 Å². The Kier molecular flexibility index (Phi) is 6.31. The number of carbonyl (C=O) groups excluding carboxylic acids is 2. The monoisotopic (exact) mass is 520 g/mol. The highest BCUT2D eigenvalue weighted by molar-refractivity contribution is 7.89. The lowest BCUT2D eigenvalue weighted by Crippen LogP contribution is -2.43. The normalized spacial score (nSPS) is 16.3. The Morgan fingerprint density at radius 1 is 0.972 bits per heavy atom. The molecule has 12 heteroatoms. The third-order valence-electron chi connectivity index (χ3n) is 5.27. The minimum Gasteiger partial charge on any atom is -0.505 e. The van der Waals surface area contributed by atoms with Gasteiger partial charge in [-0.3, -0.25) is 9.59 Å². The number of ketones is 1. The fourth-order valence-electron chi connectivity index (χ4n) is 3.59. The fraction of sp³-hybridized carbons (Fsp3) is 0.0833. The molecule has 1 heterocycles. The number of carbonyl (C=O) groups is 2. The number of aliphatic hydroxyl groups excluding tert-OH is 1. The van der Waals surface area contributed by atoms with Crippen LogP contribution in [-0.2, 0) is 21.0 Å². The van der Waals surface area contributed by atoms with Gasteiger partial charge in [-0.15, -0.1) is 0 Å². The molecule has 0 aliphatic carbocycles. The number of hydrogen-bond donors (Lipinski definition) is 2. The largest absolute Gasteiger partial charge is 0.505 e. The molecule has 36 heavy (non-hydrogen) atoms. The first-order valence-electron chi connectivity index (χ1n) is 10.2. The first kappa shape index (κ1) is 24.9. The lowest BCUT2D eigenvalue weighted by Gasteiger charge is -2.31. The van der Waals surface area contributed by atoms with E-state index in [0.717, 1.165) is 42.5 Å². The molecule has 0 radical (unpaired) electrons. The van der Waals surface area contributed by atoms with Crippen molar-refractivity contribution < 1.29 is 40.7 Å². The fourth-order valence-corrected chi connectivity index (χ4v) is 5.22. The summed E-state index contributed by atoms with van der Waals surface area (Å²) in [5.74, 6) is -3.57. The van der Waals surface area contributed by atoms with Gasteiger partial charge >= 0.3 is 6.18 Å². The number of sulfonamides is 1. The minimum absolute atomic E-state index is 0.0611. The van der Waals surface area contributed by atoms with Gasteiger partial charge in [0, 0.05) is 16.8 Å². The van der Waals surface area contributed by atoms with Crippen LogP contribution in [0.15, 0.2) is 83.4 Å². The van der Waals surface area contributed by atoms with Crippen LogP contribution in [0, 0.1) is 5.82 Å². The number of hydrogen-bond acceptors (Lipinski definition) is 5. The summed E-state index contributed by atoms with van der Waals surface area (Å²) >= 11 is 0. The molecular formula is C24H16F4N2O5S. The lowest BCUT2D eigenvalue weighted by molar-refractivity contribution is -0.137.